The van der Waals surface area contributed by atoms with Crippen molar-refractivity contribution < 1.29 is 9.21 Å². The Morgan fingerprint density at radius 3 is 2.39 bits per heavy atom. The lowest BCUT2D eigenvalue weighted by molar-refractivity contribution is 0.103. The minimum absolute atomic E-state index is 0.228. The van der Waals surface area contributed by atoms with Crippen LogP contribution in [-0.4, -0.2) is 30.6 Å². The molecule has 0 N–H and O–H groups in total. The summed E-state index contributed by atoms with van der Waals surface area (Å²) < 4.78 is 5.11. The van der Waals surface area contributed by atoms with E-state index in [0.29, 0.717) is 11.6 Å². The number of ketones is 1. The fourth-order valence-electron chi connectivity index (χ4n) is 1.50. The number of furan rings is 1. The molecule has 0 unspecified atom stereocenters. The van der Waals surface area contributed by atoms with Crippen molar-refractivity contribution in [2.75, 3.05) is 14.1 Å². The zero-order valence-corrected chi connectivity index (χ0v) is 10.3. The van der Waals surface area contributed by atoms with Crippen LogP contribution in [0, 0.1) is 0 Å². The molecule has 0 aliphatic heterocycles. The highest BCUT2D eigenvalue weighted by atomic mass is 16.3. The molecule has 0 aliphatic rings. The molecule has 0 bridgehead atoms. The van der Waals surface area contributed by atoms with E-state index in [1.807, 2.05) is 30.3 Å². The molecule has 0 fully saturated rings. The van der Waals surface area contributed by atoms with E-state index in [1.54, 1.807) is 31.1 Å². The Morgan fingerprint density at radius 2 is 1.83 bits per heavy atom. The van der Waals surface area contributed by atoms with Gasteiger partial charge >= 0.3 is 0 Å². The van der Waals surface area contributed by atoms with Crippen LogP contribution in [0.4, 0.5) is 5.69 Å². The number of amidine groups is 1. The number of aliphatic imine (C=N–C) groups is 1. The largest absolute Gasteiger partial charge is 0.461 e. The van der Waals surface area contributed by atoms with Gasteiger partial charge in [-0.05, 0) is 24.3 Å². The second kappa shape index (κ2) is 5.31. The summed E-state index contributed by atoms with van der Waals surface area (Å²) in [5, 5.41) is 0. The molecule has 2 aromatic rings. The molecule has 0 saturated heterocycles. The maximum atomic E-state index is 12.2. The van der Waals surface area contributed by atoms with Crippen LogP contribution in [-0.2, 0) is 0 Å². The van der Waals surface area contributed by atoms with Crippen LogP contribution in [0.1, 0.15) is 10.6 Å². The summed E-state index contributed by atoms with van der Waals surface area (Å²) in [5.74, 6) is 0.406. The average molecular weight is 242 g/mol. The van der Waals surface area contributed by atoms with E-state index in [-0.39, 0.29) is 5.78 Å². The van der Waals surface area contributed by atoms with Gasteiger partial charge in [-0.15, -0.1) is 0 Å². The van der Waals surface area contributed by atoms with Crippen LogP contribution in [0.25, 0.3) is 0 Å². The molecule has 1 heterocycles. The monoisotopic (exact) mass is 242 g/mol. The van der Waals surface area contributed by atoms with Crippen LogP contribution in [0.15, 0.2) is 58.1 Å². The fraction of sp³-hybridized carbons (Fsp3) is 0.143. The van der Waals surface area contributed by atoms with Crippen LogP contribution in [0.5, 0.6) is 0 Å². The Morgan fingerprint density at radius 1 is 1.11 bits per heavy atom. The number of carbonyl (C=O) groups excluding carboxylic acids is 1. The Balaban J connectivity index is 2.35. The number of likely N-dealkylation sites (N-methyl/N-ethyl adjacent to an activating group) is 1. The Hall–Kier alpha value is -2.36. The Kier molecular flexibility index (Phi) is 3.57. The number of para-hydroxylation sites is 1. The van der Waals surface area contributed by atoms with Crippen molar-refractivity contribution >= 4 is 17.3 Å². The first-order chi connectivity index (χ1) is 8.68. The van der Waals surface area contributed by atoms with Gasteiger partial charge in [0, 0.05) is 14.1 Å². The molecule has 0 amide bonds. The number of benzene rings is 1. The third-order valence-corrected chi connectivity index (χ3v) is 2.36. The molecule has 0 atom stereocenters. The van der Waals surface area contributed by atoms with Gasteiger partial charge in [0.25, 0.3) is 5.78 Å². The van der Waals surface area contributed by atoms with Gasteiger partial charge in [0.2, 0.25) is 0 Å². The van der Waals surface area contributed by atoms with E-state index in [4.69, 9.17) is 4.42 Å². The molecule has 0 saturated carbocycles. The van der Waals surface area contributed by atoms with Crippen LogP contribution in [0.2, 0.25) is 0 Å². The summed E-state index contributed by atoms with van der Waals surface area (Å²) in [5.41, 5.74) is 0.737. The minimum atomic E-state index is -0.228. The zero-order valence-electron chi connectivity index (χ0n) is 10.3. The van der Waals surface area contributed by atoms with Gasteiger partial charge in [-0.1, -0.05) is 18.2 Å². The number of Topliss-reactive ketones (excluding diaryl/α,β-unsaturated/α-hetero) is 1. The van der Waals surface area contributed by atoms with Gasteiger partial charge in [-0.3, -0.25) is 4.79 Å². The Bertz CT molecular complexity index is 542. The van der Waals surface area contributed by atoms with Gasteiger partial charge < -0.3 is 9.32 Å². The maximum absolute atomic E-state index is 12.2. The standard InChI is InChI=1S/C14H14N2O2/c1-16(2)14(13(17)12-9-6-10-18-12)15-11-7-4-3-5-8-11/h3-10H,1-2H3. The van der Waals surface area contributed by atoms with Gasteiger partial charge in [0.15, 0.2) is 11.6 Å². The smallest absolute Gasteiger partial charge is 0.263 e. The predicted molar refractivity (Wildman–Crippen MR) is 70.3 cm³/mol. The van der Waals surface area contributed by atoms with Gasteiger partial charge in [-0.25, -0.2) is 4.99 Å². The van der Waals surface area contributed by atoms with Gasteiger partial charge in [0.05, 0.1) is 12.0 Å². The van der Waals surface area contributed by atoms with E-state index in [2.05, 4.69) is 4.99 Å². The summed E-state index contributed by atoms with van der Waals surface area (Å²) in [6.07, 6.45) is 1.48. The number of carbonyl (C=O) groups is 1. The lowest BCUT2D eigenvalue weighted by Crippen LogP contribution is -2.29. The van der Waals surface area contributed by atoms with Crippen molar-refractivity contribution in [2.45, 2.75) is 0 Å². The SMILES string of the molecule is CN(C)C(=Nc1ccccc1)C(=O)c1ccco1. The summed E-state index contributed by atoms with van der Waals surface area (Å²) in [6, 6.07) is 12.7. The summed E-state index contributed by atoms with van der Waals surface area (Å²) in [4.78, 5) is 18.2. The summed E-state index contributed by atoms with van der Waals surface area (Å²) >= 11 is 0. The van der Waals surface area contributed by atoms with Crippen molar-refractivity contribution in [2.24, 2.45) is 4.99 Å². The highest BCUT2D eigenvalue weighted by Crippen LogP contribution is 2.13. The molecule has 92 valence electrons. The van der Waals surface area contributed by atoms with E-state index < -0.39 is 0 Å². The molecule has 18 heavy (non-hydrogen) atoms. The second-order valence-electron chi connectivity index (χ2n) is 3.97. The molecule has 1 aromatic heterocycles. The van der Waals surface area contributed by atoms with Crippen LogP contribution in [0.3, 0.4) is 0 Å². The third-order valence-electron chi connectivity index (χ3n) is 2.36. The average Bonchev–Trinajstić information content (AvgIpc) is 2.90. The summed E-state index contributed by atoms with van der Waals surface area (Å²) in [7, 11) is 3.56. The van der Waals surface area contributed by atoms with Gasteiger partial charge in [0.1, 0.15) is 0 Å². The molecule has 4 nitrogen and oxygen atoms in total. The van der Waals surface area contributed by atoms with E-state index >= 15 is 0 Å². The summed E-state index contributed by atoms with van der Waals surface area (Å²) in [6.45, 7) is 0. The second-order valence-corrected chi connectivity index (χ2v) is 3.97. The van der Waals surface area contributed by atoms with Gasteiger partial charge in [-0.2, -0.15) is 0 Å². The van der Waals surface area contributed by atoms with E-state index in [9.17, 15) is 4.79 Å². The molecule has 0 radical (unpaired) electrons. The first kappa shape index (κ1) is 12.1. The molecular weight excluding hydrogens is 228 g/mol. The fourth-order valence-corrected chi connectivity index (χ4v) is 1.50. The van der Waals surface area contributed by atoms with Crippen molar-refractivity contribution in [1.82, 2.24) is 4.90 Å². The topological polar surface area (TPSA) is 45.8 Å². The number of hydrogen-bond donors (Lipinski definition) is 0. The Labute approximate surface area is 106 Å². The van der Waals surface area contributed by atoms with Crippen molar-refractivity contribution in [1.29, 1.82) is 0 Å². The highest BCUT2D eigenvalue weighted by molar-refractivity contribution is 6.44. The first-order valence-corrected chi connectivity index (χ1v) is 5.58. The predicted octanol–water partition coefficient (Wildman–Crippen LogP) is 2.75. The van der Waals surface area contributed by atoms with E-state index in [0.717, 1.165) is 5.69 Å². The number of nitrogens with zero attached hydrogens (tertiary/aromatic N) is 2. The van der Waals surface area contributed by atoms with Crippen LogP contribution >= 0.6 is 0 Å². The van der Waals surface area contributed by atoms with Crippen molar-refractivity contribution in [3.8, 4) is 0 Å². The molecule has 0 spiro atoms. The minimum Gasteiger partial charge on any atom is -0.461 e. The molecular formula is C14H14N2O2. The number of rotatable bonds is 3. The first-order valence-electron chi connectivity index (χ1n) is 5.58. The van der Waals surface area contributed by atoms with E-state index in [1.165, 1.54) is 6.26 Å². The quantitative estimate of drug-likeness (QED) is 0.472. The third kappa shape index (κ3) is 2.66. The molecule has 1 aromatic carbocycles. The normalized spacial score (nSPS) is 11.3. The molecule has 4 heteroatoms. The van der Waals surface area contributed by atoms with Crippen molar-refractivity contribution in [3.05, 3.63) is 54.5 Å². The molecule has 0 aliphatic carbocycles. The van der Waals surface area contributed by atoms with Crippen LogP contribution < -0.4 is 0 Å². The highest BCUT2D eigenvalue weighted by Gasteiger charge is 2.18. The lowest BCUT2D eigenvalue weighted by Gasteiger charge is -2.13. The van der Waals surface area contributed by atoms with Crippen molar-refractivity contribution in [3.63, 3.8) is 0 Å². The lowest BCUT2D eigenvalue weighted by atomic mass is 10.2. The zero-order chi connectivity index (χ0) is 13.0. The molecule has 2 rings (SSSR count). The maximum Gasteiger partial charge on any atom is 0.263 e. The number of hydrogen-bond acceptors (Lipinski definition) is 3.